The number of hydrogen-bond acceptors (Lipinski definition) is 5. The first kappa shape index (κ1) is 17.4. The maximum Gasteiger partial charge on any atom is 0.310 e. The fraction of sp³-hybridized carbons (Fsp3) is 0.923. The van der Waals surface area contributed by atoms with Crippen molar-refractivity contribution >= 4 is 16.0 Å². The lowest BCUT2D eigenvalue weighted by Gasteiger charge is -2.40. The summed E-state index contributed by atoms with van der Waals surface area (Å²) in [7, 11) is -1.70. The zero-order valence-corrected chi connectivity index (χ0v) is 13.4. The second-order valence-corrected chi connectivity index (χ2v) is 7.52. The molecule has 0 amide bonds. The van der Waals surface area contributed by atoms with Gasteiger partial charge >= 0.3 is 5.97 Å². The van der Waals surface area contributed by atoms with Crippen molar-refractivity contribution in [3.05, 3.63) is 0 Å². The summed E-state index contributed by atoms with van der Waals surface area (Å²) in [6.45, 7) is 3.13. The van der Waals surface area contributed by atoms with Crippen molar-refractivity contribution in [2.24, 2.45) is 5.92 Å². The lowest BCUT2D eigenvalue weighted by atomic mass is 9.74. The van der Waals surface area contributed by atoms with Crippen LogP contribution in [0.5, 0.6) is 0 Å². The standard InChI is InChI=1S/C13H26N2O4S/c1-13(14-9-6-10-15-20(3,17)18)8-5-4-7-11(13)12(16)19-2/h11,14-15H,4-10H2,1-3H3/t11-,13-/m1/s1. The van der Waals surface area contributed by atoms with E-state index in [-0.39, 0.29) is 17.4 Å². The predicted molar refractivity (Wildman–Crippen MR) is 77.8 cm³/mol. The van der Waals surface area contributed by atoms with Crippen molar-refractivity contribution in [3.63, 3.8) is 0 Å². The van der Waals surface area contributed by atoms with E-state index >= 15 is 0 Å². The monoisotopic (exact) mass is 306 g/mol. The molecule has 20 heavy (non-hydrogen) atoms. The van der Waals surface area contributed by atoms with Crippen molar-refractivity contribution in [3.8, 4) is 0 Å². The number of rotatable bonds is 7. The molecule has 6 nitrogen and oxygen atoms in total. The van der Waals surface area contributed by atoms with Crippen LogP contribution in [0.2, 0.25) is 0 Å². The highest BCUT2D eigenvalue weighted by atomic mass is 32.2. The number of methoxy groups -OCH3 is 1. The van der Waals surface area contributed by atoms with Crippen LogP contribution in [0.25, 0.3) is 0 Å². The zero-order valence-electron chi connectivity index (χ0n) is 12.6. The molecule has 1 rings (SSSR count). The van der Waals surface area contributed by atoms with Gasteiger partial charge in [0.2, 0.25) is 10.0 Å². The molecule has 2 N–H and O–H groups in total. The molecule has 0 aliphatic heterocycles. The van der Waals surface area contributed by atoms with Gasteiger partial charge in [-0.2, -0.15) is 0 Å². The fourth-order valence-corrected chi connectivity index (χ4v) is 3.30. The molecule has 0 aromatic rings. The van der Waals surface area contributed by atoms with Crippen molar-refractivity contribution in [2.75, 3.05) is 26.5 Å². The molecular weight excluding hydrogens is 280 g/mol. The fourth-order valence-electron chi connectivity index (χ4n) is 2.79. The molecule has 0 aromatic heterocycles. The summed E-state index contributed by atoms with van der Waals surface area (Å²) < 4.78 is 29.2. The Bertz CT molecular complexity index is 424. The Morgan fingerprint density at radius 1 is 1.35 bits per heavy atom. The van der Waals surface area contributed by atoms with Crippen LogP contribution >= 0.6 is 0 Å². The summed E-state index contributed by atoms with van der Waals surface area (Å²) in [6, 6.07) is 0. The number of nitrogens with one attached hydrogen (secondary N) is 2. The van der Waals surface area contributed by atoms with Gasteiger partial charge in [-0.05, 0) is 32.7 Å². The molecule has 1 aliphatic carbocycles. The first-order chi connectivity index (χ1) is 9.28. The van der Waals surface area contributed by atoms with E-state index in [1.165, 1.54) is 7.11 Å². The number of esters is 1. The van der Waals surface area contributed by atoms with E-state index in [2.05, 4.69) is 17.0 Å². The third-order valence-electron chi connectivity index (χ3n) is 3.94. The van der Waals surface area contributed by atoms with Gasteiger partial charge in [-0.15, -0.1) is 0 Å². The summed E-state index contributed by atoms with van der Waals surface area (Å²) in [5, 5.41) is 3.41. The van der Waals surface area contributed by atoms with Crippen molar-refractivity contribution in [1.82, 2.24) is 10.0 Å². The molecule has 118 valence electrons. The first-order valence-corrected chi connectivity index (χ1v) is 8.95. The molecule has 0 saturated heterocycles. The molecule has 0 heterocycles. The Morgan fingerprint density at radius 2 is 2.05 bits per heavy atom. The minimum atomic E-state index is -3.12. The van der Waals surface area contributed by atoms with Crippen molar-refractivity contribution in [1.29, 1.82) is 0 Å². The molecule has 0 unspecified atom stereocenters. The SMILES string of the molecule is COC(=O)[C@H]1CCCC[C@@]1(C)NCCCNS(C)(=O)=O. The van der Waals surface area contributed by atoms with E-state index < -0.39 is 10.0 Å². The Balaban J connectivity index is 2.44. The maximum atomic E-state index is 11.8. The third-order valence-corrected chi connectivity index (χ3v) is 4.67. The summed E-state index contributed by atoms with van der Waals surface area (Å²) in [6.07, 6.45) is 5.77. The van der Waals surface area contributed by atoms with Crippen LogP contribution in [0.1, 0.15) is 39.0 Å². The Kier molecular flexibility index (Phi) is 6.42. The summed E-state index contributed by atoms with van der Waals surface area (Å²) in [4.78, 5) is 11.8. The average molecular weight is 306 g/mol. The van der Waals surface area contributed by atoms with E-state index in [4.69, 9.17) is 4.74 Å². The lowest BCUT2D eigenvalue weighted by Crippen LogP contribution is -2.54. The van der Waals surface area contributed by atoms with Gasteiger partial charge < -0.3 is 10.1 Å². The highest BCUT2D eigenvalue weighted by Gasteiger charge is 2.41. The van der Waals surface area contributed by atoms with Gasteiger partial charge in [0.15, 0.2) is 0 Å². The van der Waals surface area contributed by atoms with Crippen LogP contribution < -0.4 is 10.0 Å². The summed E-state index contributed by atoms with van der Waals surface area (Å²) >= 11 is 0. The average Bonchev–Trinajstić information content (AvgIpc) is 2.36. The molecule has 0 bridgehead atoms. The van der Waals surface area contributed by atoms with Gasteiger partial charge in [0.25, 0.3) is 0 Å². The highest BCUT2D eigenvalue weighted by Crippen LogP contribution is 2.34. The Labute approximate surface area is 121 Å². The molecule has 0 radical (unpaired) electrons. The smallest absolute Gasteiger partial charge is 0.310 e. The number of carbonyl (C=O) groups excluding carboxylic acids is 1. The minimum absolute atomic E-state index is 0.121. The van der Waals surface area contributed by atoms with Gasteiger partial charge in [-0.1, -0.05) is 12.8 Å². The maximum absolute atomic E-state index is 11.8. The predicted octanol–water partition coefficient (Wildman–Crippen LogP) is 0.637. The van der Waals surface area contributed by atoms with E-state index in [1.807, 2.05) is 0 Å². The van der Waals surface area contributed by atoms with E-state index in [9.17, 15) is 13.2 Å². The molecule has 1 saturated carbocycles. The molecule has 2 atom stereocenters. The van der Waals surface area contributed by atoms with Crippen molar-refractivity contribution < 1.29 is 17.9 Å². The topological polar surface area (TPSA) is 84.5 Å². The Morgan fingerprint density at radius 3 is 2.65 bits per heavy atom. The van der Waals surface area contributed by atoms with Gasteiger partial charge in [0.1, 0.15) is 0 Å². The van der Waals surface area contributed by atoms with Crippen LogP contribution in [-0.2, 0) is 19.6 Å². The molecule has 7 heteroatoms. The first-order valence-electron chi connectivity index (χ1n) is 7.06. The van der Waals surface area contributed by atoms with E-state index in [1.54, 1.807) is 0 Å². The highest BCUT2D eigenvalue weighted by molar-refractivity contribution is 7.88. The van der Waals surface area contributed by atoms with Crippen LogP contribution in [0.15, 0.2) is 0 Å². The van der Waals surface area contributed by atoms with E-state index in [0.29, 0.717) is 19.5 Å². The molecule has 1 fully saturated rings. The molecular formula is C13H26N2O4S. The van der Waals surface area contributed by atoms with Gasteiger partial charge in [0, 0.05) is 12.1 Å². The van der Waals surface area contributed by atoms with Crippen LogP contribution in [-0.4, -0.2) is 46.4 Å². The quantitative estimate of drug-likeness (QED) is 0.532. The number of carbonyl (C=O) groups is 1. The second kappa shape index (κ2) is 7.38. The molecule has 1 aliphatic rings. The number of ether oxygens (including phenoxy) is 1. The number of hydrogen-bond donors (Lipinski definition) is 2. The minimum Gasteiger partial charge on any atom is -0.469 e. The van der Waals surface area contributed by atoms with Gasteiger partial charge in [-0.25, -0.2) is 13.1 Å². The zero-order chi connectivity index (χ0) is 15.2. The Hall–Kier alpha value is -0.660. The normalized spacial score (nSPS) is 27.2. The van der Waals surface area contributed by atoms with Gasteiger partial charge in [-0.3, -0.25) is 4.79 Å². The van der Waals surface area contributed by atoms with E-state index in [0.717, 1.165) is 31.9 Å². The summed E-state index contributed by atoms with van der Waals surface area (Å²) in [5.74, 6) is -0.280. The lowest BCUT2D eigenvalue weighted by molar-refractivity contribution is -0.149. The van der Waals surface area contributed by atoms with Crippen LogP contribution in [0.4, 0.5) is 0 Å². The number of sulfonamides is 1. The van der Waals surface area contributed by atoms with Gasteiger partial charge in [0.05, 0.1) is 19.3 Å². The third kappa shape index (κ3) is 5.38. The second-order valence-electron chi connectivity index (χ2n) is 5.69. The molecule has 0 aromatic carbocycles. The van der Waals surface area contributed by atoms with Crippen LogP contribution in [0, 0.1) is 5.92 Å². The van der Waals surface area contributed by atoms with Crippen molar-refractivity contribution in [2.45, 2.75) is 44.6 Å². The molecule has 0 spiro atoms. The summed E-state index contributed by atoms with van der Waals surface area (Å²) in [5.41, 5.74) is -0.254. The largest absolute Gasteiger partial charge is 0.469 e. The van der Waals surface area contributed by atoms with Crippen LogP contribution in [0.3, 0.4) is 0 Å².